The third kappa shape index (κ3) is 3.72. The lowest BCUT2D eigenvalue weighted by atomic mass is 10.1. The summed E-state index contributed by atoms with van der Waals surface area (Å²) in [4.78, 5) is 26.3. The van der Waals surface area contributed by atoms with Crippen LogP contribution in [0.1, 0.15) is 12.0 Å². The first-order chi connectivity index (χ1) is 12.9. The van der Waals surface area contributed by atoms with E-state index in [1.54, 1.807) is 24.3 Å². The van der Waals surface area contributed by atoms with E-state index in [4.69, 9.17) is 9.47 Å². The van der Waals surface area contributed by atoms with Crippen molar-refractivity contribution < 1.29 is 23.5 Å². The van der Waals surface area contributed by atoms with Gasteiger partial charge in [0, 0.05) is 24.7 Å². The summed E-state index contributed by atoms with van der Waals surface area (Å²) in [7, 11) is 3.05. The van der Waals surface area contributed by atoms with E-state index in [0.29, 0.717) is 17.2 Å². The van der Waals surface area contributed by atoms with Gasteiger partial charge in [-0.05, 0) is 30.7 Å². The number of hydrogen-bond donors (Lipinski definition) is 1. The minimum Gasteiger partial charge on any atom is -0.493 e. The van der Waals surface area contributed by atoms with Gasteiger partial charge >= 0.3 is 0 Å². The predicted molar refractivity (Wildman–Crippen MR) is 99.8 cm³/mol. The molecule has 1 N–H and O–H groups in total. The molecule has 2 aromatic carbocycles. The van der Waals surface area contributed by atoms with Crippen molar-refractivity contribution in [2.24, 2.45) is 5.92 Å². The first kappa shape index (κ1) is 18.7. The van der Waals surface area contributed by atoms with Gasteiger partial charge in [0.1, 0.15) is 5.82 Å². The van der Waals surface area contributed by atoms with Gasteiger partial charge in [0.25, 0.3) is 0 Å². The first-order valence-electron chi connectivity index (χ1n) is 8.53. The lowest BCUT2D eigenvalue weighted by Gasteiger charge is -2.18. The number of rotatable bonds is 5. The molecule has 1 saturated heterocycles. The van der Waals surface area contributed by atoms with Crippen LogP contribution in [0.4, 0.5) is 15.8 Å². The molecule has 1 aliphatic heterocycles. The van der Waals surface area contributed by atoms with E-state index in [9.17, 15) is 14.0 Å². The number of methoxy groups -OCH3 is 2. The van der Waals surface area contributed by atoms with Gasteiger partial charge in [-0.2, -0.15) is 0 Å². The maximum absolute atomic E-state index is 14.0. The van der Waals surface area contributed by atoms with Crippen LogP contribution in [0.3, 0.4) is 0 Å². The largest absolute Gasteiger partial charge is 0.493 e. The van der Waals surface area contributed by atoms with Gasteiger partial charge in [-0.15, -0.1) is 0 Å². The van der Waals surface area contributed by atoms with Gasteiger partial charge < -0.3 is 19.7 Å². The number of hydrogen-bond acceptors (Lipinski definition) is 4. The van der Waals surface area contributed by atoms with Crippen molar-refractivity contribution in [3.8, 4) is 11.5 Å². The Labute approximate surface area is 156 Å². The zero-order valence-corrected chi connectivity index (χ0v) is 15.4. The highest BCUT2D eigenvalue weighted by molar-refractivity contribution is 6.03. The fourth-order valence-electron chi connectivity index (χ4n) is 3.14. The molecule has 0 saturated carbocycles. The molecule has 2 aromatic rings. The van der Waals surface area contributed by atoms with Gasteiger partial charge in [-0.25, -0.2) is 4.39 Å². The summed E-state index contributed by atoms with van der Waals surface area (Å²) in [6, 6.07) is 9.49. The monoisotopic (exact) mass is 372 g/mol. The number of halogens is 1. The quantitative estimate of drug-likeness (QED) is 0.876. The molecule has 2 amide bonds. The number of carbonyl (C=O) groups excluding carboxylic acids is 2. The molecule has 1 aliphatic rings. The highest BCUT2D eigenvalue weighted by Crippen LogP contribution is 2.34. The van der Waals surface area contributed by atoms with Crippen LogP contribution in [-0.2, 0) is 9.59 Å². The number of nitrogens with one attached hydrogen (secondary N) is 1. The Morgan fingerprint density at radius 2 is 1.85 bits per heavy atom. The molecule has 27 heavy (non-hydrogen) atoms. The van der Waals surface area contributed by atoms with E-state index < -0.39 is 11.7 Å². The van der Waals surface area contributed by atoms with Crippen LogP contribution in [0.5, 0.6) is 11.5 Å². The molecule has 1 heterocycles. The summed E-state index contributed by atoms with van der Waals surface area (Å²) in [5.41, 5.74) is 1.57. The summed E-state index contributed by atoms with van der Waals surface area (Å²) in [6.45, 7) is 1.97. The van der Waals surface area contributed by atoms with E-state index in [-0.39, 0.29) is 30.5 Å². The van der Waals surface area contributed by atoms with Crippen LogP contribution in [0.25, 0.3) is 0 Å². The van der Waals surface area contributed by atoms with Crippen molar-refractivity contribution in [3.63, 3.8) is 0 Å². The minimum atomic E-state index is -0.565. The molecule has 0 aliphatic carbocycles. The third-order valence-corrected chi connectivity index (χ3v) is 4.63. The normalized spacial score (nSPS) is 16.4. The van der Waals surface area contributed by atoms with Gasteiger partial charge in [-0.1, -0.05) is 12.1 Å². The van der Waals surface area contributed by atoms with Crippen molar-refractivity contribution in [3.05, 3.63) is 47.8 Å². The van der Waals surface area contributed by atoms with Gasteiger partial charge in [0.15, 0.2) is 11.5 Å². The molecular weight excluding hydrogens is 351 g/mol. The standard InChI is InChI=1S/C20H21FN2O4/c1-12-8-17(26-2)18(27-3)10-15(12)22-20(25)13-9-19(24)23(11-13)16-7-5-4-6-14(16)21/h4-8,10,13H,9,11H2,1-3H3,(H,22,25). The van der Waals surface area contributed by atoms with Crippen LogP contribution >= 0.6 is 0 Å². The zero-order chi connectivity index (χ0) is 19.6. The van der Waals surface area contributed by atoms with E-state index in [0.717, 1.165) is 5.56 Å². The molecule has 1 fully saturated rings. The smallest absolute Gasteiger partial charge is 0.229 e. The number of ether oxygens (including phenoxy) is 2. The van der Waals surface area contributed by atoms with Crippen molar-refractivity contribution in [2.75, 3.05) is 31.0 Å². The summed E-state index contributed by atoms with van der Waals surface area (Å²) < 4.78 is 24.5. The van der Waals surface area contributed by atoms with Crippen molar-refractivity contribution >= 4 is 23.2 Å². The zero-order valence-electron chi connectivity index (χ0n) is 15.4. The number of nitrogens with zero attached hydrogens (tertiary/aromatic N) is 1. The maximum Gasteiger partial charge on any atom is 0.229 e. The van der Waals surface area contributed by atoms with Crippen molar-refractivity contribution in [2.45, 2.75) is 13.3 Å². The fraction of sp³-hybridized carbons (Fsp3) is 0.300. The van der Waals surface area contributed by atoms with Crippen LogP contribution in [0, 0.1) is 18.7 Å². The maximum atomic E-state index is 14.0. The van der Waals surface area contributed by atoms with E-state index in [1.807, 2.05) is 6.92 Å². The van der Waals surface area contributed by atoms with Crippen LogP contribution < -0.4 is 19.7 Å². The number of anilines is 2. The predicted octanol–water partition coefficient (Wildman–Crippen LogP) is 3.14. The van der Waals surface area contributed by atoms with Crippen LogP contribution in [-0.4, -0.2) is 32.6 Å². The minimum absolute atomic E-state index is 0.0342. The van der Waals surface area contributed by atoms with Crippen LogP contribution in [0.2, 0.25) is 0 Å². The Balaban J connectivity index is 1.76. The Kier molecular flexibility index (Phi) is 5.30. The number of carbonyl (C=O) groups is 2. The fourth-order valence-corrected chi connectivity index (χ4v) is 3.14. The lowest BCUT2D eigenvalue weighted by molar-refractivity contribution is -0.122. The highest BCUT2D eigenvalue weighted by Gasteiger charge is 2.36. The number of para-hydroxylation sites is 1. The summed E-state index contributed by atoms with van der Waals surface area (Å²) in [5, 5.41) is 2.84. The van der Waals surface area contributed by atoms with E-state index in [2.05, 4.69) is 5.32 Å². The molecule has 1 unspecified atom stereocenters. The van der Waals surface area contributed by atoms with Crippen molar-refractivity contribution in [1.82, 2.24) is 0 Å². The van der Waals surface area contributed by atoms with Crippen molar-refractivity contribution in [1.29, 1.82) is 0 Å². The Bertz CT molecular complexity index is 884. The van der Waals surface area contributed by atoms with E-state index >= 15 is 0 Å². The van der Waals surface area contributed by atoms with Gasteiger partial charge in [0.05, 0.1) is 25.8 Å². The molecule has 0 spiro atoms. The average Bonchev–Trinajstić information content (AvgIpc) is 3.05. The molecular formula is C20H21FN2O4. The summed E-state index contributed by atoms with van der Waals surface area (Å²) in [6.07, 6.45) is 0.0342. The lowest BCUT2D eigenvalue weighted by Crippen LogP contribution is -2.28. The average molecular weight is 372 g/mol. The topological polar surface area (TPSA) is 67.9 Å². The molecule has 6 nitrogen and oxygen atoms in total. The van der Waals surface area contributed by atoms with E-state index in [1.165, 1.54) is 31.3 Å². The SMILES string of the molecule is COc1cc(C)c(NC(=O)C2CC(=O)N(c3ccccc3F)C2)cc1OC. The molecule has 1 atom stereocenters. The second kappa shape index (κ2) is 7.65. The molecule has 7 heteroatoms. The first-order valence-corrected chi connectivity index (χ1v) is 8.53. The number of aryl methyl sites for hydroxylation is 1. The third-order valence-electron chi connectivity index (χ3n) is 4.63. The summed E-state index contributed by atoms with van der Waals surface area (Å²) >= 11 is 0. The van der Waals surface area contributed by atoms with Crippen LogP contribution in [0.15, 0.2) is 36.4 Å². The molecule has 0 aromatic heterocycles. The molecule has 142 valence electrons. The Morgan fingerprint density at radius 1 is 1.19 bits per heavy atom. The second-order valence-corrected chi connectivity index (χ2v) is 6.37. The van der Waals surface area contributed by atoms with Gasteiger partial charge in [-0.3, -0.25) is 9.59 Å². The number of amides is 2. The molecule has 3 rings (SSSR count). The number of benzene rings is 2. The molecule has 0 radical (unpaired) electrons. The Hall–Kier alpha value is -3.09. The Morgan fingerprint density at radius 3 is 2.52 bits per heavy atom. The molecule has 0 bridgehead atoms. The summed E-state index contributed by atoms with van der Waals surface area (Å²) in [5.74, 6) is -0.558. The van der Waals surface area contributed by atoms with Gasteiger partial charge in [0.2, 0.25) is 11.8 Å². The highest BCUT2D eigenvalue weighted by atomic mass is 19.1. The second-order valence-electron chi connectivity index (χ2n) is 6.37.